The molecule has 1 rings (SSSR count). The van der Waals surface area contributed by atoms with Crippen LogP contribution in [-0.2, 0) is 14.3 Å². The standard InChI is InChI=1S/C63H117NO8/c1-3-5-7-9-11-13-15-17-19-21-23-25-27-28-29-31-33-35-37-39-41-43-45-47-49-51-53-59(67)64-56(55-71-63-62(70)61(69)60(68)58(54-65)72-63)57(66)52-50-48-46-44-42-40-38-36-34-32-30-26-24-22-20-18-16-14-12-10-8-6-4-2/h28-29,34,36,42,44,50,52,56-58,60-63,65-66,68-70H,3-27,30-33,35,37-41,43,45-49,51,53-55H2,1-2H3,(H,64,67)/b29-28-,36-34+,44-42+,52-50+. The van der Waals surface area contributed by atoms with Gasteiger partial charge in [0.05, 0.1) is 25.4 Å². The minimum Gasteiger partial charge on any atom is -0.394 e. The van der Waals surface area contributed by atoms with Gasteiger partial charge in [0, 0.05) is 6.42 Å². The van der Waals surface area contributed by atoms with Crippen LogP contribution in [0.1, 0.15) is 290 Å². The van der Waals surface area contributed by atoms with E-state index in [-0.39, 0.29) is 12.5 Å². The second-order valence-corrected chi connectivity index (χ2v) is 21.5. The molecule has 0 spiro atoms. The van der Waals surface area contributed by atoms with Crippen molar-refractivity contribution in [1.29, 1.82) is 0 Å². The lowest BCUT2D eigenvalue weighted by Crippen LogP contribution is -2.60. The van der Waals surface area contributed by atoms with Crippen molar-refractivity contribution < 1.29 is 39.8 Å². The van der Waals surface area contributed by atoms with Gasteiger partial charge in [-0.2, -0.15) is 0 Å². The summed E-state index contributed by atoms with van der Waals surface area (Å²) in [6.45, 7) is 3.79. The number of ether oxygens (including phenoxy) is 2. The van der Waals surface area contributed by atoms with Gasteiger partial charge in [-0.05, 0) is 70.6 Å². The van der Waals surface area contributed by atoms with Crippen LogP contribution in [0, 0.1) is 0 Å². The third kappa shape index (κ3) is 41.4. The third-order valence-electron chi connectivity index (χ3n) is 14.6. The predicted octanol–water partition coefficient (Wildman–Crippen LogP) is 15.7. The van der Waals surface area contributed by atoms with Gasteiger partial charge in [-0.1, -0.05) is 262 Å². The summed E-state index contributed by atoms with van der Waals surface area (Å²) in [7, 11) is 0. The zero-order valence-electron chi connectivity index (χ0n) is 46.9. The Kier molecular flexibility index (Phi) is 49.8. The minimum absolute atomic E-state index is 0.189. The van der Waals surface area contributed by atoms with Crippen LogP contribution in [0.2, 0.25) is 0 Å². The zero-order chi connectivity index (χ0) is 52.2. The Balaban J connectivity index is 2.23. The molecule has 0 aromatic carbocycles. The first-order valence-electron chi connectivity index (χ1n) is 30.9. The number of nitrogens with one attached hydrogen (secondary N) is 1. The molecule has 7 unspecified atom stereocenters. The fourth-order valence-corrected chi connectivity index (χ4v) is 9.72. The number of carbonyl (C=O) groups excluding carboxylic acids is 1. The van der Waals surface area contributed by atoms with Gasteiger partial charge < -0.3 is 40.3 Å². The van der Waals surface area contributed by atoms with Gasteiger partial charge in [0.25, 0.3) is 0 Å². The molecule has 72 heavy (non-hydrogen) atoms. The number of hydrogen-bond acceptors (Lipinski definition) is 8. The molecule has 6 N–H and O–H groups in total. The molecule has 0 saturated carbocycles. The Morgan fingerprint density at radius 3 is 1.17 bits per heavy atom. The van der Waals surface area contributed by atoms with E-state index in [1.54, 1.807) is 6.08 Å². The summed E-state index contributed by atoms with van der Waals surface area (Å²) >= 11 is 0. The SMILES string of the molecule is CCCCCCCCCCCCCC/C=C\CCCCCCCCCCCCC(=O)NC(COC1OC(CO)C(O)C(O)C1O)C(O)/C=C/CC/C=C/CC/C=C/CCCCCCCCCCCCCCC. The Morgan fingerprint density at radius 2 is 0.792 bits per heavy atom. The highest BCUT2D eigenvalue weighted by Gasteiger charge is 2.44. The molecule has 0 radical (unpaired) electrons. The van der Waals surface area contributed by atoms with Crippen LogP contribution in [0.15, 0.2) is 48.6 Å². The average molecular weight is 1020 g/mol. The molecule has 0 aliphatic carbocycles. The van der Waals surface area contributed by atoms with Crippen LogP contribution >= 0.6 is 0 Å². The van der Waals surface area contributed by atoms with E-state index < -0.39 is 49.5 Å². The molecule has 422 valence electrons. The molecule has 9 heteroatoms. The monoisotopic (exact) mass is 1020 g/mol. The molecule has 9 nitrogen and oxygen atoms in total. The van der Waals surface area contributed by atoms with Gasteiger partial charge in [0.1, 0.15) is 24.4 Å². The largest absolute Gasteiger partial charge is 0.394 e. The summed E-state index contributed by atoms with van der Waals surface area (Å²) in [5, 5.41) is 54.6. The van der Waals surface area contributed by atoms with Gasteiger partial charge in [-0.25, -0.2) is 0 Å². The van der Waals surface area contributed by atoms with E-state index in [1.165, 1.54) is 225 Å². The molecule has 1 fully saturated rings. The normalized spacial score (nSPS) is 19.5. The first-order chi connectivity index (χ1) is 35.3. The number of aliphatic hydroxyl groups is 5. The maximum atomic E-state index is 13.1. The van der Waals surface area contributed by atoms with Gasteiger partial charge in [0.15, 0.2) is 6.29 Å². The van der Waals surface area contributed by atoms with Crippen LogP contribution in [0.3, 0.4) is 0 Å². The Morgan fingerprint density at radius 1 is 0.458 bits per heavy atom. The summed E-state index contributed by atoms with van der Waals surface area (Å²) < 4.78 is 11.3. The van der Waals surface area contributed by atoms with E-state index in [4.69, 9.17) is 9.47 Å². The van der Waals surface area contributed by atoms with Crippen molar-refractivity contribution in [3.8, 4) is 0 Å². The molecule has 1 aliphatic rings. The van der Waals surface area contributed by atoms with Crippen molar-refractivity contribution in [1.82, 2.24) is 5.32 Å². The quantitative estimate of drug-likeness (QED) is 0.0261. The number of hydrogen-bond donors (Lipinski definition) is 6. The number of amides is 1. The van der Waals surface area contributed by atoms with Crippen molar-refractivity contribution in [3.05, 3.63) is 48.6 Å². The maximum absolute atomic E-state index is 13.1. The molecule has 1 heterocycles. The van der Waals surface area contributed by atoms with Crippen molar-refractivity contribution in [2.45, 2.75) is 333 Å². The van der Waals surface area contributed by atoms with Crippen molar-refractivity contribution in [2.75, 3.05) is 13.2 Å². The van der Waals surface area contributed by atoms with Gasteiger partial charge >= 0.3 is 0 Å². The fourth-order valence-electron chi connectivity index (χ4n) is 9.72. The molecule has 1 saturated heterocycles. The number of allylic oxidation sites excluding steroid dienone is 7. The van der Waals surface area contributed by atoms with E-state index in [0.29, 0.717) is 6.42 Å². The predicted molar refractivity (Wildman–Crippen MR) is 304 cm³/mol. The van der Waals surface area contributed by atoms with E-state index in [9.17, 15) is 30.3 Å². The summed E-state index contributed by atoms with van der Waals surface area (Å²) in [5.41, 5.74) is 0. The van der Waals surface area contributed by atoms with Gasteiger partial charge in [0.2, 0.25) is 5.91 Å². The van der Waals surface area contributed by atoms with Gasteiger partial charge in [-0.15, -0.1) is 0 Å². The van der Waals surface area contributed by atoms with E-state index >= 15 is 0 Å². The Bertz CT molecular complexity index is 1270. The zero-order valence-corrected chi connectivity index (χ0v) is 46.9. The van der Waals surface area contributed by atoms with E-state index in [1.807, 2.05) is 6.08 Å². The fraction of sp³-hybridized carbons (Fsp3) is 0.857. The summed E-state index contributed by atoms with van der Waals surface area (Å²) in [5.74, 6) is -0.189. The maximum Gasteiger partial charge on any atom is 0.220 e. The van der Waals surface area contributed by atoms with E-state index in [2.05, 4.69) is 55.6 Å². The molecule has 7 atom stereocenters. The molecule has 1 amide bonds. The van der Waals surface area contributed by atoms with Crippen LogP contribution in [0.4, 0.5) is 0 Å². The number of aliphatic hydroxyl groups excluding tert-OH is 5. The second-order valence-electron chi connectivity index (χ2n) is 21.5. The highest BCUT2D eigenvalue weighted by molar-refractivity contribution is 5.76. The smallest absolute Gasteiger partial charge is 0.220 e. The van der Waals surface area contributed by atoms with Crippen LogP contribution in [-0.4, -0.2) is 87.5 Å². The first kappa shape index (κ1) is 68.2. The highest BCUT2D eigenvalue weighted by Crippen LogP contribution is 2.23. The summed E-state index contributed by atoms with van der Waals surface area (Å²) in [6.07, 6.45) is 63.3. The molecule has 0 aromatic rings. The molecule has 0 bridgehead atoms. The van der Waals surface area contributed by atoms with Crippen LogP contribution in [0.5, 0.6) is 0 Å². The number of rotatable bonds is 53. The molecule has 1 aliphatic heterocycles. The molecular formula is C63H117NO8. The second kappa shape index (κ2) is 52.6. The van der Waals surface area contributed by atoms with Crippen LogP contribution < -0.4 is 5.32 Å². The van der Waals surface area contributed by atoms with Crippen LogP contribution in [0.25, 0.3) is 0 Å². The molecular weight excluding hydrogens is 899 g/mol. The van der Waals surface area contributed by atoms with E-state index in [0.717, 1.165) is 44.9 Å². The number of carbonyl (C=O) groups is 1. The summed E-state index contributed by atoms with van der Waals surface area (Å²) in [6, 6.07) is -0.830. The summed E-state index contributed by atoms with van der Waals surface area (Å²) in [4.78, 5) is 13.1. The lowest BCUT2D eigenvalue weighted by atomic mass is 9.99. The highest BCUT2D eigenvalue weighted by atomic mass is 16.7. The topological polar surface area (TPSA) is 149 Å². The lowest BCUT2D eigenvalue weighted by Gasteiger charge is -2.40. The Labute approximate surface area is 444 Å². The number of unbranched alkanes of at least 4 members (excludes halogenated alkanes) is 37. The average Bonchev–Trinajstić information content (AvgIpc) is 3.38. The van der Waals surface area contributed by atoms with Crippen molar-refractivity contribution in [3.63, 3.8) is 0 Å². The molecule has 0 aromatic heterocycles. The third-order valence-corrected chi connectivity index (χ3v) is 14.6. The Hall–Kier alpha value is -1.85. The first-order valence-corrected chi connectivity index (χ1v) is 30.9. The lowest BCUT2D eigenvalue weighted by molar-refractivity contribution is -0.302. The van der Waals surface area contributed by atoms with Gasteiger partial charge in [-0.3, -0.25) is 4.79 Å². The van der Waals surface area contributed by atoms with Crippen molar-refractivity contribution in [2.24, 2.45) is 0 Å². The van der Waals surface area contributed by atoms with Crippen molar-refractivity contribution >= 4 is 5.91 Å². The minimum atomic E-state index is -1.58.